The van der Waals surface area contributed by atoms with Gasteiger partial charge in [0.05, 0.1) is 19.9 Å². The molecule has 0 unspecified atom stereocenters. The summed E-state index contributed by atoms with van der Waals surface area (Å²) >= 11 is 1.31. The number of nitrogens with one attached hydrogen (secondary N) is 1. The summed E-state index contributed by atoms with van der Waals surface area (Å²) in [4.78, 5) is 31.1. The lowest BCUT2D eigenvalue weighted by molar-refractivity contribution is 0.102. The Labute approximate surface area is 182 Å². The van der Waals surface area contributed by atoms with Gasteiger partial charge in [0.2, 0.25) is 0 Å². The molecule has 0 bridgehead atoms. The Balaban J connectivity index is 1.83. The average Bonchev–Trinajstić information content (AvgIpc) is 3.21. The van der Waals surface area contributed by atoms with Gasteiger partial charge in [-0.3, -0.25) is 14.0 Å². The van der Waals surface area contributed by atoms with Gasteiger partial charge in [0.15, 0.2) is 4.96 Å². The number of anilines is 1. The zero-order valence-electron chi connectivity index (χ0n) is 17.6. The number of hydrogen-bond donors (Lipinski definition) is 1. The number of ether oxygens (including phenoxy) is 2. The molecule has 0 aliphatic heterocycles. The molecule has 7 nitrogen and oxygen atoms in total. The van der Waals surface area contributed by atoms with Crippen LogP contribution in [0.15, 0.2) is 52.8 Å². The van der Waals surface area contributed by atoms with E-state index < -0.39 is 11.5 Å². The number of carbonyl (C=O) groups is 1. The lowest BCUT2D eigenvalue weighted by Crippen LogP contribution is -2.26. The van der Waals surface area contributed by atoms with Crippen LogP contribution >= 0.6 is 11.3 Å². The van der Waals surface area contributed by atoms with E-state index in [2.05, 4.69) is 10.3 Å². The molecule has 8 heteroatoms. The lowest BCUT2D eigenvalue weighted by Gasteiger charge is -2.11. The summed E-state index contributed by atoms with van der Waals surface area (Å²) in [5.74, 6) is 0.702. The van der Waals surface area contributed by atoms with Crippen LogP contribution < -0.4 is 20.3 Å². The van der Waals surface area contributed by atoms with Crippen molar-refractivity contribution in [2.24, 2.45) is 0 Å². The maximum absolute atomic E-state index is 13.3. The van der Waals surface area contributed by atoms with Crippen LogP contribution in [0.1, 0.15) is 21.5 Å². The Bertz CT molecular complexity index is 1360. The van der Waals surface area contributed by atoms with Gasteiger partial charge in [-0.25, -0.2) is 4.98 Å². The second-order valence-electron chi connectivity index (χ2n) is 7.05. The standard InChI is InChI=1S/C23H21N3O4S/c1-13-5-6-14(2)18(9-13)25-21(27)17-11-24-23-26(22(17)28)19(12-31-23)16-10-15(29-3)7-8-20(16)30-4/h5-12H,1-4H3,(H,25,27). The van der Waals surface area contributed by atoms with Crippen LogP contribution in [-0.2, 0) is 0 Å². The van der Waals surface area contributed by atoms with E-state index in [4.69, 9.17) is 9.47 Å². The summed E-state index contributed by atoms with van der Waals surface area (Å²) in [5.41, 5.74) is 3.34. The van der Waals surface area contributed by atoms with Gasteiger partial charge in [0.25, 0.3) is 11.5 Å². The molecule has 0 saturated carbocycles. The van der Waals surface area contributed by atoms with Crippen LogP contribution in [-0.4, -0.2) is 29.5 Å². The van der Waals surface area contributed by atoms with Crippen molar-refractivity contribution in [1.82, 2.24) is 9.38 Å². The van der Waals surface area contributed by atoms with Gasteiger partial charge < -0.3 is 14.8 Å². The van der Waals surface area contributed by atoms with Gasteiger partial charge in [-0.1, -0.05) is 12.1 Å². The van der Waals surface area contributed by atoms with Crippen LogP contribution in [0.25, 0.3) is 16.2 Å². The van der Waals surface area contributed by atoms with Gasteiger partial charge in [-0.05, 0) is 49.2 Å². The Kier molecular flexibility index (Phi) is 5.48. The highest BCUT2D eigenvalue weighted by Crippen LogP contribution is 2.35. The summed E-state index contributed by atoms with van der Waals surface area (Å²) in [6.07, 6.45) is 1.32. The fraction of sp³-hybridized carbons (Fsp3) is 0.174. The van der Waals surface area contributed by atoms with E-state index in [9.17, 15) is 9.59 Å². The molecule has 4 aromatic rings. The van der Waals surface area contributed by atoms with E-state index in [-0.39, 0.29) is 5.56 Å². The van der Waals surface area contributed by atoms with E-state index in [0.717, 1.165) is 11.1 Å². The summed E-state index contributed by atoms with van der Waals surface area (Å²) in [6, 6.07) is 11.1. The largest absolute Gasteiger partial charge is 0.497 e. The third-order valence-corrected chi connectivity index (χ3v) is 5.85. The monoisotopic (exact) mass is 435 g/mol. The minimum absolute atomic E-state index is 0.0417. The quantitative estimate of drug-likeness (QED) is 0.505. The summed E-state index contributed by atoms with van der Waals surface area (Å²) in [5, 5.41) is 4.64. The first-order valence-corrected chi connectivity index (χ1v) is 10.4. The molecular formula is C23H21N3O4S. The first kappa shape index (κ1) is 20.6. The summed E-state index contributed by atoms with van der Waals surface area (Å²) in [7, 11) is 3.13. The van der Waals surface area contributed by atoms with Crippen molar-refractivity contribution in [2.45, 2.75) is 13.8 Å². The highest BCUT2D eigenvalue weighted by atomic mass is 32.1. The highest BCUT2D eigenvalue weighted by Gasteiger charge is 2.20. The van der Waals surface area contributed by atoms with Crippen LogP contribution in [0, 0.1) is 13.8 Å². The molecule has 0 aliphatic carbocycles. The molecule has 2 aromatic carbocycles. The number of thiazole rings is 1. The van der Waals surface area contributed by atoms with Crippen molar-refractivity contribution in [1.29, 1.82) is 0 Å². The van der Waals surface area contributed by atoms with Crippen molar-refractivity contribution in [3.05, 3.63) is 75.0 Å². The highest BCUT2D eigenvalue weighted by molar-refractivity contribution is 7.15. The molecule has 2 aromatic heterocycles. The number of amides is 1. The van der Waals surface area contributed by atoms with Gasteiger partial charge >= 0.3 is 0 Å². The number of aromatic nitrogens is 2. The topological polar surface area (TPSA) is 81.9 Å². The van der Waals surface area contributed by atoms with Crippen LogP contribution in [0.4, 0.5) is 5.69 Å². The molecule has 1 amide bonds. The van der Waals surface area contributed by atoms with Gasteiger partial charge in [-0.2, -0.15) is 0 Å². The van der Waals surface area contributed by atoms with Crippen molar-refractivity contribution >= 4 is 27.9 Å². The molecule has 2 heterocycles. The number of rotatable bonds is 5. The number of benzene rings is 2. The first-order chi connectivity index (χ1) is 14.9. The van der Waals surface area contributed by atoms with Crippen molar-refractivity contribution in [3.8, 4) is 22.8 Å². The third-order valence-electron chi connectivity index (χ3n) is 5.01. The molecule has 0 aliphatic rings. The Morgan fingerprint density at radius 2 is 1.90 bits per heavy atom. The number of aryl methyl sites for hydroxylation is 2. The van der Waals surface area contributed by atoms with Crippen LogP contribution in [0.3, 0.4) is 0 Å². The minimum Gasteiger partial charge on any atom is -0.497 e. The predicted octanol–water partition coefficient (Wildman–Crippen LogP) is 4.31. The Hall–Kier alpha value is -3.65. The van der Waals surface area contributed by atoms with Crippen molar-refractivity contribution < 1.29 is 14.3 Å². The molecule has 31 heavy (non-hydrogen) atoms. The number of hydrogen-bond acceptors (Lipinski definition) is 6. The summed E-state index contributed by atoms with van der Waals surface area (Å²) in [6.45, 7) is 3.84. The normalized spacial score (nSPS) is 10.8. The molecule has 0 saturated heterocycles. The number of nitrogens with zero attached hydrogens (tertiary/aromatic N) is 2. The molecule has 0 spiro atoms. The number of fused-ring (bicyclic) bond motifs is 1. The summed E-state index contributed by atoms with van der Waals surface area (Å²) < 4.78 is 12.2. The molecule has 0 radical (unpaired) electrons. The number of carbonyl (C=O) groups excluding carboxylic acids is 1. The molecule has 1 N–H and O–H groups in total. The fourth-order valence-electron chi connectivity index (χ4n) is 3.31. The van der Waals surface area contributed by atoms with Crippen LogP contribution in [0.5, 0.6) is 11.5 Å². The second kappa shape index (κ2) is 8.23. The lowest BCUT2D eigenvalue weighted by atomic mass is 10.1. The molecule has 4 rings (SSSR count). The second-order valence-corrected chi connectivity index (χ2v) is 7.89. The maximum Gasteiger partial charge on any atom is 0.271 e. The van der Waals surface area contributed by atoms with Crippen molar-refractivity contribution in [2.75, 3.05) is 19.5 Å². The van der Waals surface area contributed by atoms with Gasteiger partial charge in [0, 0.05) is 22.8 Å². The molecule has 0 fully saturated rings. The number of methoxy groups -OCH3 is 2. The van der Waals surface area contributed by atoms with E-state index >= 15 is 0 Å². The maximum atomic E-state index is 13.3. The third kappa shape index (κ3) is 3.77. The Morgan fingerprint density at radius 1 is 1.10 bits per heavy atom. The smallest absolute Gasteiger partial charge is 0.271 e. The zero-order valence-corrected chi connectivity index (χ0v) is 18.4. The van der Waals surface area contributed by atoms with Crippen LogP contribution in [0.2, 0.25) is 0 Å². The van der Waals surface area contributed by atoms with Crippen molar-refractivity contribution in [3.63, 3.8) is 0 Å². The fourth-order valence-corrected chi connectivity index (χ4v) is 4.16. The van der Waals surface area contributed by atoms with Gasteiger partial charge in [-0.15, -0.1) is 11.3 Å². The predicted molar refractivity (Wildman–Crippen MR) is 122 cm³/mol. The van der Waals surface area contributed by atoms with E-state index in [1.165, 1.54) is 21.9 Å². The van der Waals surface area contributed by atoms with E-state index in [1.807, 2.05) is 37.4 Å². The Morgan fingerprint density at radius 3 is 2.65 bits per heavy atom. The molecular weight excluding hydrogens is 414 g/mol. The molecule has 158 valence electrons. The average molecular weight is 436 g/mol. The van der Waals surface area contributed by atoms with E-state index in [1.54, 1.807) is 32.4 Å². The van der Waals surface area contributed by atoms with E-state index in [0.29, 0.717) is 33.4 Å². The zero-order chi connectivity index (χ0) is 22.1. The molecule has 0 atom stereocenters. The first-order valence-electron chi connectivity index (χ1n) is 9.53. The van der Waals surface area contributed by atoms with Gasteiger partial charge in [0.1, 0.15) is 17.1 Å². The SMILES string of the molecule is COc1ccc(OC)c(-c2csc3ncc(C(=O)Nc4cc(C)ccc4C)c(=O)n23)c1. The minimum atomic E-state index is -0.504.